The van der Waals surface area contributed by atoms with Gasteiger partial charge in [-0.1, -0.05) is 19.4 Å². The van der Waals surface area contributed by atoms with Crippen molar-refractivity contribution < 1.29 is 17.6 Å². The summed E-state index contributed by atoms with van der Waals surface area (Å²) in [6, 6.07) is 9.81. The van der Waals surface area contributed by atoms with Crippen LogP contribution < -0.4 is 10.0 Å². The largest absolute Gasteiger partial charge is 0.468 e. The molecule has 0 radical (unpaired) electrons. The summed E-state index contributed by atoms with van der Waals surface area (Å²) in [6.07, 6.45) is 5.13. The Morgan fingerprint density at radius 1 is 1.18 bits per heavy atom. The monoisotopic (exact) mass is 405 g/mol. The Morgan fingerprint density at radius 3 is 2.64 bits per heavy atom. The van der Waals surface area contributed by atoms with Gasteiger partial charge in [0.25, 0.3) is 5.91 Å². The topological polar surface area (TPSA) is 91.6 Å². The highest BCUT2D eigenvalue weighted by molar-refractivity contribution is 7.89. The van der Waals surface area contributed by atoms with Crippen LogP contribution in [0.15, 0.2) is 52.0 Å². The third kappa shape index (κ3) is 5.01. The van der Waals surface area contributed by atoms with Gasteiger partial charge in [0.15, 0.2) is 0 Å². The predicted octanol–water partition coefficient (Wildman–Crippen LogP) is 2.53. The second-order valence-electron chi connectivity index (χ2n) is 6.87. The fourth-order valence-corrected chi connectivity index (χ4v) is 4.58. The molecule has 8 heteroatoms. The Kier molecular flexibility index (Phi) is 6.88. The number of nitrogens with one attached hydrogen (secondary N) is 2. The number of hydrogen-bond donors (Lipinski definition) is 2. The van der Waals surface area contributed by atoms with Crippen LogP contribution in [-0.4, -0.2) is 45.4 Å². The van der Waals surface area contributed by atoms with E-state index in [2.05, 4.69) is 14.9 Å². The van der Waals surface area contributed by atoms with E-state index in [-0.39, 0.29) is 16.8 Å². The first-order valence-corrected chi connectivity index (χ1v) is 11.1. The van der Waals surface area contributed by atoms with Gasteiger partial charge in [0.05, 0.1) is 17.2 Å². The van der Waals surface area contributed by atoms with Gasteiger partial charge in [0.2, 0.25) is 10.0 Å². The average molecular weight is 406 g/mol. The Bertz CT molecular complexity index is 875. The van der Waals surface area contributed by atoms with Gasteiger partial charge in [0.1, 0.15) is 5.76 Å². The maximum Gasteiger partial charge on any atom is 0.251 e. The Balaban J connectivity index is 1.71. The lowest BCUT2D eigenvalue weighted by Gasteiger charge is -2.33. The number of likely N-dealkylation sites (tertiary alicyclic amines) is 1. The molecule has 152 valence electrons. The van der Waals surface area contributed by atoms with Crippen LogP contribution in [0.2, 0.25) is 0 Å². The molecule has 0 bridgehead atoms. The fourth-order valence-electron chi connectivity index (χ4n) is 3.49. The number of rotatable bonds is 8. The van der Waals surface area contributed by atoms with Crippen molar-refractivity contribution in [1.29, 1.82) is 0 Å². The van der Waals surface area contributed by atoms with Crippen LogP contribution in [0, 0.1) is 0 Å². The van der Waals surface area contributed by atoms with E-state index in [9.17, 15) is 13.2 Å². The van der Waals surface area contributed by atoms with Gasteiger partial charge >= 0.3 is 0 Å². The Hall–Kier alpha value is -2.16. The highest BCUT2D eigenvalue weighted by Crippen LogP contribution is 2.24. The number of sulfonamides is 1. The molecule has 0 saturated carbocycles. The van der Waals surface area contributed by atoms with Crippen molar-refractivity contribution in [2.45, 2.75) is 37.1 Å². The second-order valence-corrected chi connectivity index (χ2v) is 8.63. The van der Waals surface area contributed by atoms with Crippen LogP contribution in [0.25, 0.3) is 0 Å². The van der Waals surface area contributed by atoms with E-state index in [1.54, 1.807) is 25.3 Å². The third-order valence-electron chi connectivity index (χ3n) is 4.90. The molecule has 7 nitrogen and oxygen atoms in total. The minimum atomic E-state index is -3.60. The molecule has 2 heterocycles. The molecular formula is C20H27N3O4S. The normalized spacial score (nSPS) is 16.6. The number of nitrogens with zero attached hydrogens (tertiary/aromatic N) is 1. The highest BCUT2D eigenvalue weighted by Gasteiger charge is 2.25. The van der Waals surface area contributed by atoms with Crippen molar-refractivity contribution in [2.24, 2.45) is 0 Å². The van der Waals surface area contributed by atoms with Crippen molar-refractivity contribution in [3.05, 3.63) is 54.0 Å². The van der Waals surface area contributed by atoms with E-state index >= 15 is 0 Å². The number of piperidine rings is 1. The van der Waals surface area contributed by atoms with Gasteiger partial charge in [-0.2, -0.15) is 0 Å². The van der Waals surface area contributed by atoms with Gasteiger partial charge in [-0.25, -0.2) is 13.1 Å². The molecular weight excluding hydrogens is 378 g/mol. The van der Waals surface area contributed by atoms with Crippen molar-refractivity contribution in [1.82, 2.24) is 14.9 Å². The zero-order valence-corrected chi connectivity index (χ0v) is 16.9. The predicted molar refractivity (Wildman–Crippen MR) is 107 cm³/mol. The Morgan fingerprint density at radius 2 is 1.96 bits per heavy atom. The summed E-state index contributed by atoms with van der Waals surface area (Å²) in [5.41, 5.74) is 0.316. The number of amides is 1. The van der Waals surface area contributed by atoms with Crippen molar-refractivity contribution in [2.75, 3.05) is 26.2 Å². The lowest BCUT2D eigenvalue weighted by Crippen LogP contribution is -2.40. The first-order chi connectivity index (χ1) is 13.5. The first kappa shape index (κ1) is 20.6. The Labute approximate surface area is 166 Å². The molecule has 1 atom stereocenters. The minimum Gasteiger partial charge on any atom is -0.468 e. The van der Waals surface area contributed by atoms with Crippen LogP contribution in [0.5, 0.6) is 0 Å². The van der Waals surface area contributed by atoms with E-state index < -0.39 is 10.0 Å². The number of carbonyl (C=O) groups is 1. The summed E-state index contributed by atoms with van der Waals surface area (Å²) in [7, 11) is -3.60. The molecule has 2 aromatic rings. The van der Waals surface area contributed by atoms with Crippen LogP contribution >= 0.6 is 0 Å². The maximum absolute atomic E-state index is 12.7. The fraction of sp³-hybridized carbons (Fsp3) is 0.450. The summed E-state index contributed by atoms with van der Waals surface area (Å²) in [5.74, 6) is 0.521. The molecule has 1 aromatic heterocycles. The van der Waals surface area contributed by atoms with Crippen LogP contribution in [0.1, 0.15) is 48.3 Å². The van der Waals surface area contributed by atoms with Crippen molar-refractivity contribution in [3.8, 4) is 0 Å². The van der Waals surface area contributed by atoms with Gasteiger partial charge < -0.3 is 9.73 Å². The molecule has 1 fully saturated rings. The number of furan rings is 1. The summed E-state index contributed by atoms with van der Waals surface area (Å²) in [6.45, 7) is 4.34. The van der Waals surface area contributed by atoms with Crippen molar-refractivity contribution in [3.63, 3.8) is 0 Å². The van der Waals surface area contributed by atoms with Crippen LogP contribution in [0.3, 0.4) is 0 Å². The summed E-state index contributed by atoms with van der Waals surface area (Å²) in [4.78, 5) is 15.1. The average Bonchev–Trinajstić information content (AvgIpc) is 3.23. The molecule has 3 rings (SSSR count). The first-order valence-electron chi connectivity index (χ1n) is 9.66. The van der Waals surface area contributed by atoms with E-state index in [1.807, 2.05) is 12.1 Å². The summed E-state index contributed by atoms with van der Waals surface area (Å²) < 4.78 is 32.4. The smallest absolute Gasteiger partial charge is 0.251 e. The lowest BCUT2D eigenvalue weighted by atomic mass is 10.1. The molecule has 28 heavy (non-hydrogen) atoms. The molecule has 0 aliphatic carbocycles. The lowest BCUT2D eigenvalue weighted by molar-refractivity contribution is 0.0914. The van der Waals surface area contributed by atoms with Gasteiger partial charge in [-0.15, -0.1) is 0 Å². The van der Waals surface area contributed by atoms with Crippen LogP contribution in [-0.2, 0) is 10.0 Å². The number of hydrogen-bond acceptors (Lipinski definition) is 5. The zero-order valence-electron chi connectivity index (χ0n) is 16.1. The SMILES string of the molecule is CCNS(=O)(=O)c1cccc(C(=O)NCC(c2ccco2)N2CCCCC2)c1. The second kappa shape index (κ2) is 9.36. The molecule has 1 aliphatic heterocycles. The minimum absolute atomic E-state index is 0.0343. The van der Waals surface area contributed by atoms with Gasteiger partial charge in [-0.3, -0.25) is 9.69 Å². The molecule has 0 spiro atoms. The summed E-state index contributed by atoms with van der Waals surface area (Å²) in [5, 5.41) is 2.94. The van der Waals surface area contributed by atoms with E-state index in [1.165, 1.54) is 18.6 Å². The molecule has 2 N–H and O–H groups in total. The quantitative estimate of drug-likeness (QED) is 0.704. The van der Waals surface area contributed by atoms with E-state index in [0.29, 0.717) is 18.7 Å². The number of carbonyl (C=O) groups excluding carboxylic acids is 1. The standard InChI is InChI=1S/C20H27N3O4S/c1-2-22-28(25,26)17-9-6-8-16(14-17)20(24)21-15-18(19-10-7-13-27-19)23-11-4-3-5-12-23/h6-10,13-14,18,22H,2-5,11-12,15H2,1H3,(H,21,24). The molecule has 1 aliphatic rings. The van der Waals surface area contributed by atoms with Gasteiger partial charge in [-0.05, 0) is 56.3 Å². The molecule has 1 unspecified atom stereocenters. The molecule has 1 amide bonds. The van der Waals surface area contributed by atoms with E-state index in [0.717, 1.165) is 31.7 Å². The van der Waals surface area contributed by atoms with Gasteiger partial charge in [0, 0.05) is 18.7 Å². The maximum atomic E-state index is 12.7. The third-order valence-corrected chi connectivity index (χ3v) is 6.44. The molecule has 1 saturated heterocycles. The number of benzene rings is 1. The summed E-state index contributed by atoms with van der Waals surface area (Å²) >= 11 is 0. The van der Waals surface area contributed by atoms with E-state index in [4.69, 9.17) is 4.42 Å². The highest BCUT2D eigenvalue weighted by atomic mass is 32.2. The van der Waals surface area contributed by atoms with Crippen LogP contribution in [0.4, 0.5) is 0 Å². The van der Waals surface area contributed by atoms with Crippen molar-refractivity contribution >= 4 is 15.9 Å². The zero-order chi connectivity index (χ0) is 20.0. The molecule has 1 aromatic carbocycles.